The lowest BCUT2D eigenvalue weighted by Gasteiger charge is -2.11. The summed E-state index contributed by atoms with van der Waals surface area (Å²) >= 11 is 0. The molecular formula is C19H21N3O3S. The lowest BCUT2D eigenvalue weighted by Crippen LogP contribution is -2.23. The summed E-state index contributed by atoms with van der Waals surface area (Å²) in [5, 5.41) is 3.46. The first-order valence-electron chi connectivity index (χ1n) is 8.68. The Hall–Kier alpha value is -2.38. The number of aromatic nitrogens is 2. The number of fused-ring (bicyclic) bond motifs is 1. The molecule has 1 N–H and O–H groups in total. The molecule has 1 fully saturated rings. The fourth-order valence-electron chi connectivity index (χ4n) is 3.58. The molecule has 4 rings (SSSR count). The quantitative estimate of drug-likeness (QED) is 0.746. The van der Waals surface area contributed by atoms with Gasteiger partial charge < -0.3 is 10.1 Å². The van der Waals surface area contributed by atoms with Gasteiger partial charge in [0.05, 0.1) is 18.1 Å². The fourth-order valence-corrected chi connectivity index (χ4v) is 5.12. The van der Waals surface area contributed by atoms with Crippen LogP contribution in [0.2, 0.25) is 0 Å². The Bertz CT molecular complexity index is 1040. The van der Waals surface area contributed by atoms with E-state index in [1.807, 2.05) is 0 Å². The van der Waals surface area contributed by atoms with Crippen molar-refractivity contribution >= 4 is 21.1 Å². The van der Waals surface area contributed by atoms with Gasteiger partial charge in [0.1, 0.15) is 10.6 Å². The first-order chi connectivity index (χ1) is 12.6. The van der Waals surface area contributed by atoms with Crippen LogP contribution in [0.4, 0.5) is 0 Å². The van der Waals surface area contributed by atoms with Crippen LogP contribution in [0.1, 0.15) is 18.4 Å². The van der Waals surface area contributed by atoms with Gasteiger partial charge in [0, 0.05) is 18.4 Å². The van der Waals surface area contributed by atoms with Crippen LogP contribution in [-0.4, -0.2) is 37.1 Å². The SMILES string of the molecule is COc1ccccc1S(=O)(=O)n1cc(C[C@H]2CCCN2)c2ncccc21. The number of hydrogen-bond acceptors (Lipinski definition) is 5. The molecule has 6 nitrogen and oxygen atoms in total. The summed E-state index contributed by atoms with van der Waals surface area (Å²) in [6.45, 7) is 1.01. The summed E-state index contributed by atoms with van der Waals surface area (Å²) in [5.41, 5.74) is 2.27. The molecule has 7 heteroatoms. The van der Waals surface area contributed by atoms with Gasteiger partial charge in [-0.1, -0.05) is 12.1 Å². The Balaban J connectivity index is 1.86. The Morgan fingerprint density at radius 2 is 2.12 bits per heavy atom. The average molecular weight is 371 g/mol. The predicted molar refractivity (Wildman–Crippen MR) is 100 cm³/mol. The van der Waals surface area contributed by atoms with Gasteiger partial charge in [-0.25, -0.2) is 12.4 Å². The summed E-state index contributed by atoms with van der Waals surface area (Å²) in [4.78, 5) is 4.60. The molecule has 3 aromatic rings. The van der Waals surface area contributed by atoms with Crippen molar-refractivity contribution < 1.29 is 13.2 Å². The van der Waals surface area contributed by atoms with Crippen LogP contribution in [-0.2, 0) is 16.4 Å². The summed E-state index contributed by atoms with van der Waals surface area (Å²) in [7, 11) is -2.32. The molecule has 0 aliphatic carbocycles. The highest BCUT2D eigenvalue weighted by molar-refractivity contribution is 7.90. The second-order valence-electron chi connectivity index (χ2n) is 6.47. The number of benzene rings is 1. The van der Waals surface area contributed by atoms with Crippen molar-refractivity contribution in [3.63, 3.8) is 0 Å². The molecule has 0 saturated carbocycles. The summed E-state index contributed by atoms with van der Waals surface area (Å²) < 4.78 is 33.2. The van der Waals surface area contributed by atoms with Gasteiger partial charge in [0.2, 0.25) is 0 Å². The maximum absolute atomic E-state index is 13.3. The van der Waals surface area contributed by atoms with E-state index in [0.29, 0.717) is 17.3 Å². The standard InChI is InChI=1S/C19H21N3O3S/c1-25-17-8-2-3-9-18(17)26(23,24)22-13-14(12-15-6-4-10-20-15)19-16(22)7-5-11-21-19/h2-3,5,7-9,11,13,15,20H,4,6,10,12H2,1H3/t15-/m1/s1. The van der Waals surface area contributed by atoms with Gasteiger partial charge >= 0.3 is 0 Å². The van der Waals surface area contributed by atoms with Crippen LogP contribution in [0, 0.1) is 0 Å². The van der Waals surface area contributed by atoms with Crippen LogP contribution >= 0.6 is 0 Å². The van der Waals surface area contributed by atoms with Crippen molar-refractivity contribution in [2.24, 2.45) is 0 Å². The Morgan fingerprint density at radius 3 is 2.88 bits per heavy atom. The van der Waals surface area contributed by atoms with Crippen molar-refractivity contribution in [3.8, 4) is 5.75 Å². The molecule has 0 unspecified atom stereocenters. The zero-order valence-corrected chi connectivity index (χ0v) is 15.4. The van der Waals surface area contributed by atoms with E-state index in [4.69, 9.17) is 4.74 Å². The second-order valence-corrected chi connectivity index (χ2v) is 8.26. The third kappa shape index (κ3) is 2.87. The number of nitrogens with one attached hydrogen (secondary N) is 1. The number of hydrogen-bond donors (Lipinski definition) is 1. The first kappa shape index (κ1) is 17.1. The smallest absolute Gasteiger partial charge is 0.271 e. The van der Waals surface area contributed by atoms with Gasteiger partial charge in [0.15, 0.2) is 0 Å². The highest BCUT2D eigenvalue weighted by Gasteiger charge is 2.26. The molecule has 0 radical (unpaired) electrons. The molecule has 0 amide bonds. The van der Waals surface area contributed by atoms with E-state index < -0.39 is 10.0 Å². The van der Waals surface area contributed by atoms with Gasteiger partial charge in [-0.15, -0.1) is 0 Å². The molecule has 26 heavy (non-hydrogen) atoms. The maximum atomic E-state index is 13.3. The number of rotatable bonds is 5. The monoisotopic (exact) mass is 371 g/mol. The van der Waals surface area contributed by atoms with E-state index in [0.717, 1.165) is 36.9 Å². The van der Waals surface area contributed by atoms with Crippen LogP contribution in [0.15, 0.2) is 53.7 Å². The Labute approximate surface area is 152 Å². The van der Waals surface area contributed by atoms with E-state index >= 15 is 0 Å². The van der Waals surface area contributed by atoms with E-state index in [1.165, 1.54) is 11.1 Å². The fraction of sp³-hybridized carbons (Fsp3) is 0.316. The molecule has 3 heterocycles. The molecule has 136 valence electrons. The number of para-hydroxylation sites is 1. The van der Waals surface area contributed by atoms with Gasteiger partial charge in [-0.05, 0) is 55.6 Å². The van der Waals surface area contributed by atoms with Gasteiger partial charge in [-0.3, -0.25) is 4.98 Å². The molecular weight excluding hydrogens is 350 g/mol. The normalized spacial score (nSPS) is 17.7. The molecule has 1 saturated heterocycles. The average Bonchev–Trinajstić information content (AvgIpc) is 3.31. The van der Waals surface area contributed by atoms with Crippen LogP contribution in [0.5, 0.6) is 5.75 Å². The number of methoxy groups -OCH3 is 1. The van der Waals surface area contributed by atoms with Crippen LogP contribution in [0.25, 0.3) is 11.0 Å². The summed E-state index contributed by atoms with van der Waals surface area (Å²) in [6, 6.07) is 10.6. The molecule has 1 aromatic carbocycles. The van der Waals surface area contributed by atoms with Crippen LogP contribution < -0.4 is 10.1 Å². The number of pyridine rings is 1. The lowest BCUT2D eigenvalue weighted by molar-refractivity contribution is 0.402. The molecule has 0 spiro atoms. The van der Waals surface area contributed by atoms with Gasteiger partial charge in [0.25, 0.3) is 10.0 Å². The van der Waals surface area contributed by atoms with E-state index in [2.05, 4.69) is 10.3 Å². The maximum Gasteiger partial charge on any atom is 0.271 e. The van der Waals surface area contributed by atoms with Crippen molar-refractivity contribution in [2.75, 3.05) is 13.7 Å². The van der Waals surface area contributed by atoms with Crippen LogP contribution in [0.3, 0.4) is 0 Å². The highest BCUT2D eigenvalue weighted by atomic mass is 32.2. The second kappa shape index (κ2) is 6.74. The molecule has 1 aliphatic heterocycles. The first-order valence-corrected chi connectivity index (χ1v) is 10.1. The topological polar surface area (TPSA) is 73.2 Å². The Morgan fingerprint density at radius 1 is 1.27 bits per heavy atom. The van der Waals surface area contributed by atoms with E-state index in [-0.39, 0.29) is 4.90 Å². The number of ether oxygens (including phenoxy) is 1. The minimum atomic E-state index is -3.79. The molecule has 1 aliphatic rings. The number of nitrogens with zero attached hydrogens (tertiary/aromatic N) is 2. The predicted octanol–water partition coefficient (Wildman–Crippen LogP) is 2.58. The van der Waals surface area contributed by atoms with Crippen molar-refractivity contribution in [1.82, 2.24) is 14.3 Å². The zero-order chi connectivity index (χ0) is 18.1. The minimum Gasteiger partial charge on any atom is -0.495 e. The highest BCUT2D eigenvalue weighted by Crippen LogP contribution is 2.30. The zero-order valence-electron chi connectivity index (χ0n) is 14.6. The minimum absolute atomic E-state index is 0.147. The van der Waals surface area contributed by atoms with Gasteiger partial charge in [-0.2, -0.15) is 0 Å². The third-order valence-electron chi connectivity index (χ3n) is 4.84. The van der Waals surface area contributed by atoms with Crippen molar-refractivity contribution in [2.45, 2.75) is 30.2 Å². The summed E-state index contributed by atoms with van der Waals surface area (Å²) in [5.74, 6) is 0.331. The summed E-state index contributed by atoms with van der Waals surface area (Å²) in [6.07, 6.45) is 6.42. The van der Waals surface area contributed by atoms with Crippen molar-refractivity contribution in [1.29, 1.82) is 0 Å². The lowest BCUT2D eigenvalue weighted by atomic mass is 10.1. The largest absolute Gasteiger partial charge is 0.495 e. The van der Waals surface area contributed by atoms with E-state index in [9.17, 15) is 8.42 Å². The van der Waals surface area contributed by atoms with Crippen molar-refractivity contribution in [3.05, 3.63) is 54.4 Å². The Kier molecular flexibility index (Phi) is 4.42. The van der Waals surface area contributed by atoms with E-state index in [1.54, 1.807) is 48.8 Å². The molecule has 2 aromatic heterocycles. The molecule has 0 bridgehead atoms. The third-order valence-corrected chi connectivity index (χ3v) is 6.55. The molecule has 1 atom stereocenters.